The van der Waals surface area contributed by atoms with Crippen LogP contribution in [0, 0.1) is 6.92 Å². The van der Waals surface area contributed by atoms with Gasteiger partial charge in [0.05, 0.1) is 12.1 Å². The highest BCUT2D eigenvalue weighted by Crippen LogP contribution is 2.34. The number of anilines is 2. The van der Waals surface area contributed by atoms with Crippen molar-refractivity contribution in [2.45, 2.75) is 13.3 Å². The van der Waals surface area contributed by atoms with E-state index < -0.39 is 5.97 Å². The lowest BCUT2D eigenvalue weighted by molar-refractivity contribution is -0.136. The molecule has 2 aromatic heterocycles. The largest absolute Gasteiger partial charge is 0.481 e. The molecule has 6 heteroatoms. The van der Waals surface area contributed by atoms with Gasteiger partial charge in [-0.1, -0.05) is 90.1 Å². The minimum absolute atomic E-state index is 0.0168. The van der Waals surface area contributed by atoms with Crippen molar-refractivity contribution < 1.29 is 14.4 Å². The Hall–Kier alpha value is -4.71. The minimum Gasteiger partial charge on any atom is -0.481 e. The second kappa shape index (κ2) is 9.65. The minimum atomic E-state index is -0.837. The molecule has 2 heterocycles. The van der Waals surface area contributed by atoms with Gasteiger partial charge in [0.25, 0.3) is 0 Å². The van der Waals surface area contributed by atoms with E-state index in [0.29, 0.717) is 11.6 Å². The fourth-order valence-corrected chi connectivity index (χ4v) is 3.92. The number of nitrogens with one attached hydrogen (secondary N) is 1. The first-order valence-electron chi connectivity index (χ1n) is 11.2. The van der Waals surface area contributed by atoms with Crippen molar-refractivity contribution in [3.8, 4) is 33.7 Å². The third kappa shape index (κ3) is 4.96. The van der Waals surface area contributed by atoms with Crippen LogP contribution < -0.4 is 5.32 Å². The van der Waals surface area contributed by atoms with Gasteiger partial charge in [-0.15, -0.1) is 0 Å². The molecule has 0 spiro atoms. The molecule has 172 valence electrons. The Kier molecular flexibility index (Phi) is 6.09. The summed E-state index contributed by atoms with van der Waals surface area (Å²) in [7, 11) is 0. The number of carbonyl (C=O) groups is 1. The molecule has 0 saturated carbocycles. The predicted octanol–water partition coefficient (Wildman–Crippen LogP) is 6.75. The summed E-state index contributed by atoms with van der Waals surface area (Å²) in [4.78, 5) is 15.7. The van der Waals surface area contributed by atoms with Gasteiger partial charge >= 0.3 is 5.97 Å². The van der Waals surface area contributed by atoms with E-state index in [-0.39, 0.29) is 6.42 Å². The number of aromatic nitrogens is 2. The van der Waals surface area contributed by atoms with E-state index in [1.54, 1.807) is 0 Å². The molecule has 0 unspecified atom stereocenters. The molecule has 0 amide bonds. The van der Waals surface area contributed by atoms with E-state index in [1.165, 1.54) is 0 Å². The van der Waals surface area contributed by atoms with E-state index in [0.717, 1.165) is 44.9 Å². The maximum atomic E-state index is 10.9. The molecule has 0 fully saturated rings. The number of hydrogen-bond acceptors (Lipinski definition) is 5. The summed E-state index contributed by atoms with van der Waals surface area (Å²) in [6, 6.07) is 31.4. The molecule has 0 saturated heterocycles. The molecule has 5 aromatic rings. The third-order valence-electron chi connectivity index (χ3n) is 5.72. The second-order valence-electron chi connectivity index (χ2n) is 8.22. The van der Waals surface area contributed by atoms with Crippen LogP contribution >= 0.6 is 0 Å². The maximum absolute atomic E-state index is 10.9. The summed E-state index contributed by atoms with van der Waals surface area (Å²) in [6.45, 7) is 1.89. The monoisotopic (exact) mass is 461 g/mol. The average molecular weight is 462 g/mol. The highest BCUT2D eigenvalue weighted by Gasteiger charge is 2.16. The molecule has 35 heavy (non-hydrogen) atoms. The van der Waals surface area contributed by atoms with E-state index in [4.69, 9.17) is 14.6 Å². The molecule has 0 bridgehead atoms. The average Bonchev–Trinajstić information content (AvgIpc) is 3.25. The summed E-state index contributed by atoms with van der Waals surface area (Å²) < 4.78 is 5.67. The van der Waals surface area contributed by atoms with Gasteiger partial charge in [-0.3, -0.25) is 4.79 Å². The van der Waals surface area contributed by atoms with Crippen molar-refractivity contribution in [1.29, 1.82) is 0 Å². The zero-order chi connectivity index (χ0) is 24.2. The smallest absolute Gasteiger partial charge is 0.307 e. The van der Waals surface area contributed by atoms with Gasteiger partial charge in [0.1, 0.15) is 17.2 Å². The van der Waals surface area contributed by atoms with Crippen molar-refractivity contribution in [1.82, 2.24) is 10.1 Å². The van der Waals surface area contributed by atoms with Crippen LogP contribution in [0.5, 0.6) is 0 Å². The molecular formula is C29H23N3O3. The normalized spacial score (nSPS) is 10.8. The van der Waals surface area contributed by atoms with E-state index >= 15 is 0 Å². The lowest BCUT2D eigenvalue weighted by Crippen LogP contribution is -1.99. The third-order valence-corrected chi connectivity index (χ3v) is 5.72. The van der Waals surface area contributed by atoms with E-state index in [2.05, 4.69) is 10.5 Å². The van der Waals surface area contributed by atoms with Crippen LogP contribution in [-0.4, -0.2) is 21.2 Å². The summed E-state index contributed by atoms with van der Waals surface area (Å²) in [5.74, 6) is 0.505. The van der Waals surface area contributed by atoms with Gasteiger partial charge in [-0.05, 0) is 35.7 Å². The SMILES string of the molecule is Cc1noc(-c2ccc(-c3ccc(CC(=O)O)cc3)cc2)c1Nc1cccc(-c2ccccc2)n1. The van der Waals surface area contributed by atoms with Crippen molar-refractivity contribution in [2.24, 2.45) is 0 Å². The van der Waals surface area contributed by atoms with Crippen LogP contribution in [0.1, 0.15) is 11.3 Å². The van der Waals surface area contributed by atoms with E-state index in [1.807, 2.05) is 104 Å². The standard InChI is InChI=1S/C29H23N3O3/c1-19-28(31-26-9-5-8-25(30-26)23-6-3-2-4-7-23)29(35-32-19)24-16-14-22(15-17-24)21-12-10-20(11-13-21)18-27(33)34/h2-17H,18H2,1H3,(H,30,31)(H,33,34). The van der Waals surface area contributed by atoms with Gasteiger partial charge < -0.3 is 14.9 Å². The van der Waals surface area contributed by atoms with Gasteiger partial charge in [0, 0.05) is 11.1 Å². The molecule has 6 nitrogen and oxygen atoms in total. The lowest BCUT2D eigenvalue weighted by Gasteiger charge is -2.09. The van der Waals surface area contributed by atoms with Gasteiger partial charge in [-0.2, -0.15) is 0 Å². The highest BCUT2D eigenvalue weighted by atomic mass is 16.5. The number of aryl methyl sites for hydroxylation is 1. The molecule has 5 rings (SSSR count). The van der Waals surface area contributed by atoms with Crippen molar-refractivity contribution in [2.75, 3.05) is 5.32 Å². The van der Waals surface area contributed by atoms with Crippen molar-refractivity contribution >= 4 is 17.5 Å². The van der Waals surface area contributed by atoms with Crippen LogP contribution in [0.2, 0.25) is 0 Å². The summed E-state index contributed by atoms with van der Waals surface area (Å²) >= 11 is 0. The number of pyridine rings is 1. The topological polar surface area (TPSA) is 88.2 Å². The van der Waals surface area contributed by atoms with E-state index in [9.17, 15) is 4.79 Å². The number of nitrogens with zero attached hydrogens (tertiary/aromatic N) is 2. The molecule has 2 N–H and O–H groups in total. The quantitative estimate of drug-likeness (QED) is 0.279. The number of hydrogen-bond donors (Lipinski definition) is 2. The second-order valence-corrected chi connectivity index (χ2v) is 8.22. The fraction of sp³-hybridized carbons (Fsp3) is 0.0690. The molecule has 0 atom stereocenters. The Morgan fingerprint density at radius 3 is 2.14 bits per heavy atom. The summed E-state index contributed by atoms with van der Waals surface area (Å²) in [5, 5.41) is 16.5. The number of rotatable bonds is 7. The van der Waals surface area contributed by atoms with Crippen molar-refractivity contribution in [3.05, 3.63) is 108 Å². The number of carboxylic acid groups (broad SMARTS) is 1. The predicted molar refractivity (Wildman–Crippen MR) is 136 cm³/mol. The highest BCUT2D eigenvalue weighted by molar-refractivity contribution is 5.79. The number of benzene rings is 3. The molecule has 0 aliphatic carbocycles. The zero-order valence-corrected chi connectivity index (χ0v) is 19.1. The maximum Gasteiger partial charge on any atom is 0.307 e. The van der Waals surface area contributed by atoms with Crippen LogP contribution in [-0.2, 0) is 11.2 Å². The molecular weight excluding hydrogens is 438 g/mol. The van der Waals surface area contributed by atoms with Gasteiger partial charge in [0.15, 0.2) is 5.76 Å². The number of carboxylic acids is 1. The Labute approximate surface area is 202 Å². The Balaban J connectivity index is 1.38. The summed E-state index contributed by atoms with van der Waals surface area (Å²) in [6.07, 6.45) is 0.0168. The first-order chi connectivity index (χ1) is 17.1. The zero-order valence-electron chi connectivity index (χ0n) is 19.1. The Morgan fingerprint density at radius 2 is 1.46 bits per heavy atom. The van der Waals surface area contributed by atoms with Gasteiger partial charge in [0.2, 0.25) is 0 Å². The Bertz CT molecular complexity index is 1460. The molecule has 0 aliphatic heterocycles. The van der Waals surface area contributed by atoms with Gasteiger partial charge in [-0.25, -0.2) is 4.98 Å². The van der Waals surface area contributed by atoms with Crippen LogP contribution in [0.25, 0.3) is 33.7 Å². The first-order valence-corrected chi connectivity index (χ1v) is 11.2. The fourth-order valence-electron chi connectivity index (χ4n) is 3.92. The summed E-state index contributed by atoms with van der Waals surface area (Å²) in [5.41, 5.74) is 7.14. The van der Waals surface area contributed by atoms with Crippen LogP contribution in [0.4, 0.5) is 11.5 Å². The Morgan fingerprint density at radius 1 is 0.800 bits per heavy atom. The molecule has 0 radical (unpaired) electrons. The van der Waals surface area contributed by atoms with Crippen LogP contribution in [0.3, 0.4) is 0 Å². The van der Waals surface area contributed by atoms with Crippen LogP contribution in [0.15, 0.2) is 102 Å². The first kappa shape index (κ1) is 22.1. The van der Waals surface area contributed by atoms with Crippen molar-refractivity contribution in [3.63, 3.8) is 0 Å². The molecule has 0 aliphatic rings. The molecule has 3 aromatic carbocycles. The lowest BCUT2D eigenvalue weighted by atomic mass is 10.0. The number of aliphatic carboxylic acids is 1.